The monoisotopic (exact) mass is 305 g/mol. The number of hydrogen-bond acceptors (Lipinski definition) is 3. The zero-order valence-corrected chi connectivity index (χ0v) is 12.2. The van der Waals surface area contributed by atoms with Crippen LogP contribution in [-0.2, 0) is 12.5 Å². The second kappa shape index (κ2) is 6.96. The van der Waals surface area contributed by atoms with Crippen molar-refractivity contribution in [1.82, 2.24) is 0 Å². The highest BCUT2D eigenvalue weighted by molar-refractivity contribution is 6.17. The maximum atomic E-state index is 13.2. The summed E-state index contributed by atoms with van der Waals surface area (Å²) in [5.74, 6) is 1.09. The molecule has 0 saturated carbocycles. The van der Waals surface area contributed by atoms with E-state index in [9.17, 15) is 4.39 Å². The number of alkyl halides is 1. The summed E-state index contributed by atoms with van der Waals surface area (Å²) in [6.45, 7) is 0.227. The number of rotatable bonds is 5. The summed E-state index contributed by atoms with van der Waals surface area (Å²) in [7, 11) is 1.58. The number of nitrogens with zero attached hydrogens (tertiary/aromatic N) is 1. The first-order valence-electron chi connectivity index (χ1n) is 6.22. The lowest BCUT2D eigenvalue weighted by Crippen LogP contribution is -1.99. The van der Waals surface area contributed by atoms with Crippen LogP contribution in [0.3, 0.4) is 0 Å². The van der Waals surface area contributed by atoms with Crippen molar-refractivity contribution in [3.05, 3.63) is 58.9 Å². The van der Waals surface area contributed by atoms with Crippen molar-refractivity contribution < 1.29 is 13.9 Å². The predicted molar refractivity (Wildman–Crippen MR) is 78.0 cm³/mol. The second-order valence-electron chi connectivity index (χ2n) is 4.32. The predicted octanol–water partition coefficient (Wildman–Crippen LogP) is 4.02. The SMILES string of the molecule is COc1ccc(OCc2ccc(F)c(C#N)c2)c(CCl)c1. The van der Waals surface area contributed by atoms with Gasteiger partial charge in [0.1, 0.15) is 30.0 Å². The van der Waals surface area contributed by atoms with Gasteiger partial charge < -0.3 is 9.47 Å². The van der Waals surface area contributed by atoms with Crippen LogP contribution in [0.4, 0.5) is 4.39 Å². The summed E-state index contributed by atoms with van der Waals surface area (Å²) in [6.07, 6.45) is 0. The van der Waals surface area contributed by atoms with Crippen LogP contribution < -0.4 is 9.47 Å². The van der Waals surface area contributed by atoms with E-state index in [0.29, 0.717) is 22.9 Å². The van der Waals surface area contributed by atoms with Gasteiger partial charge >= 0.3 is 0 Å². The number of ether oxygens (including phenoxy) is 2. The minimum atomic E-state index is -0.535. The van der Waals surface area contributed by atoms with Crippen molar-refractivity contribution in [2.45, 2.75) is 12.5 Å². The van der Waals surface area contributed by atoms with Crippen molar-refractivity contribution in [3.63, 3.8) is 0 Å². The Morgan fingerprint density at radius 3 is 2.71 bits per heavy atom. The Kier molecular flexibility index (Phi) is 5.02. The van der Waals surface area contributed by atoms with E-state index < -0.39 is 5.82 Å². The molecule has 108 valence electrons. The van der Waals surface area contributed by atoms with Gasteiger partial charge in [0, 0.05) is 5.56 Å². The van der Waals surface area contributed by atoms with E-state index in [0.717, 1.165) is 5.56 Å². The van der Waals surface area contributed by atoms with Crippen LogP contribution in [-0.4, -0.2) is 7.11 Å². The summed E-state index contributed by atoms with van der Waals surface area (Å²) in [5, 5.41) is 8.81. The minimum Gasteiger partial charge on any atom is -0.497 e. The Labute approximate surface area is 127 Å². The molecule has 2 rings (SSSR count). The summed E-state index contributed by atoms with van der Waals surface area (Å²) < 4.78 is 24.0. The molecule has 0 fully saturated rings. The molecule has 0 spiro atoms. The number of methoxy groups -OCH3 is 1. The van der Waals surface area contributed by atoms with Crippen LogP contribution in [0.2, 0.25) is 0 Å². The molecule has 21 heavy (non-hydrogen) atoms. The molecule has 0 aromatic heterocycles. The van der Waals surface area contributed by atoms with Gasteiger partial charge in [0.25, 0.3) is 0 Å². The number of halogens is 2. The Hall–Kier alpha value is -2.25. The van der Waals surface area contributed by atoms with E-state index in [1.54, 1.807) is 37.4 Å². The fourth-order valence-corrected chi connectivity index (χ4v) is 2.05. The minimum absolute atomic E-state index is 0.00315. The second-order valence-corrected chi connectivity index (χ2v) is 4.59. The van der Waals surface area contributed by atoms with Gasteiger partial charge in [0.15, 0.2) is 0 Å². The van der Waals surface area contributed by atoms with Crippen LogP contribution in [0.15, 0.2) is 36.4 Å². The zero-order valence-electron chi connectivity index (χ0n) is 11.4. The molecule has 0 radical (unpaired) electrons. The molecule has 0 amide bonds. The summed E-state index contributed by atoms with van der Waals surface area (Å²) in [5.41, 5.74) is 1.52. The Morgan fingerprint density at radius 1 is 1.24 bits per heavy atom. The molecule has 0 aliphatic carbocycles. The van der Waals surface area contributed by atoms with E-state index in [-0.39, 0.29) is 12.2 Å². The normalized spacial score (nSPS) is 10.0. The lowest BCUT2D eigenvalue weighted by Gasteiger charge is -2.11. The van der Waals surface area contributed by atoms with Gasteiger partial charge in [-0.3, -0.25) is 0 Å². The third-order valence-electron chi connectivity index (χ3n) is 2.96. The standard InChI is InChI=1S/C16H13ClFNO2/c1-20-14-3-5-16(12(7-14)8-17)21-10-11-2-4-15(18)13(6-11)9-19/h2-7H,8,10H2,1H3. The van der Waals surface area contributed by atoms with E-state index in [2.05, 4.69) is 0 Å². The molecule has 0 aliphatic heterocycles. The number of hydrogen-bond donors (Lipinski definition) is 0. The average molecular weight is 306 g/mol. The average Bonchev–Trinajstić information content (AvgIpc) is 2.53. The highest BCUT2D eigenvalue weighted by atomic mass is 35.5. The topological polar surface area (TPSA) is 42.2 Å². The highest BCUT2D eigenvalue weighted by Gasteiger charge is 2.07. The third kappa shape index (κ3) is 3.65. The van der Waals surface area contributed by atoms with Crippen molar-refractivity contribution >= 4 is 11.6 Å². The van der Waals surface area contributed by atoms with Crippen LogP contribution in [0.5, 0.6) is 11.5 Å². The van der Waals surface area contributed by atoms with Crippen LogP contribution in [0.1, 0.15) is 16.7 Å². The largest absolute Gasteiger partial charge is 0.497 e. The van der Waals surface area contributed by atoms with Crippen molar-refractivity contribution in [2.24, 2.45) is 0 Å². The molecule has 0 atom stereocenters. The first-order chi connectivity index (χ1) is 10.2. The summed E-state index contributed by atoms with van der Waals surface area (Å²) in [6, 6.07) is 11.5. The smallest absolute Gasteiger partial charge is 0.140 e. The van der Waals surface area contributed by atoms with Gasteiger partial charge in [-0.1, -0.05) is 6.07 Å². The molecule has 0 aliphatic rings. The van der Waals surface area contributed by atoms with E-state index in [4.69, 9.17) is 26.3 Å². The Balaban J connectivity index is 2.15. The molecular formula is C16H13ClFNO2. The fourth-order valence-electron chi connectivity index (χ4n) is 1.84. The molecule has 2 aromatic rings. The van der Waals surface area contributed by atoms with E-state index in [1.807, 2.05) is 0 Å². The first-order valence-corrected chi connectivity index (χ1v) is 6.75. The molecule has 2 aromatic carbocycles. The lowest BCUT2D eigenvalue weighted by atomic mass is 10.1. The quantitative estimate of drug-likeness (QED) is 0.783. The van der Waals surface area contributed by atoms with Crippen molar-refractivity contribution in [1.29, 1.82) is 5.26 Å². The molecule has 0 heterocycles. The molecule has 0 N–H and O–H groups in total. The van der Waals surface area contributed by atoms with Gasteiger partial charge in [-0.05, 0) is 35.9 Å². The maximum absolute atomic E-state index is 13.2. The lowest BCUT2D eigenvalue weighted by molar-refractivity contribution is 0.303. The molecule has 0 bridgehead atoms. The van der Waals surface area contributed by atoms with Gasteiger partial charge in [-0.15, -0.1) is 11.6 Å². The maximum Gasteiger partial charge on any atom is 0.140 e. The van der Waals surface area contributed by atoms with E-state index >= 15 is 0 Å². The Bertz CT molecular complexity index is 682. The third-order valence-corrected chi connectivity index (χ3v) is 3.25. The molecular weight excluding hydrogens is 293 g/mol. The fraction of sp³-hybridized carbons (Fsp3) is 0.188. The van der Waals surface area contributed by atoms with Gasteiger partial charge in [0.2, 0.25) is 0 Å². The van der Waals surface area contributed by atoms with Crippen LogP contribution in [0.25, 0.3) is 0 Å². The molecule has 3 nitrogen and oxygen atoms in total. The van der Waals surface area contributed by atoms with Gasteiger partial charge in [-0.2, -0.15) is 5.26 Å². The van der Waals surface area contributed by atoms with Crippen LogP contribution >= 0.6 is 11.6 Å². The van der Waals surface area contributed by atoms with Crippen LogP contribution in [0, 0.1) is 17.1 Å². The van der Waals surface area contributed by atoms with Crippen molar-refractivity contribution in [3.8, 4) is 17.6 Å². The summed E-state index contributed by atoms with van der Waals surface area (Å²) in [4.78, 5) is 0. The molecule has 5 heteroatoms. The highest BCUT2D eigenvalue weighted by Crippen LogP contribution is 2.26. The van der Waals surface area contributed by atoms with Crippen molar-refractivity contribution in [2.75, 3.05) is 7.11 Å². The zero-order chi connectivity index (χ0) is 15.2. The van der Waals surface area contributed by atoms with Gasteiger partial charge in [0.05, 0.1) is 18.6 Å². The molecule has 0 saturated heterocycles. The number of nitriles is 1. The number of benzene rings is 2. The Morgan fingerprint density at radius 2 is 2.05 bits per heavy atom. The van der Waals surface area contributed by atoms with E-state index in [1.165, 1.54) is 12.1 Å². The first kappa shape index (κ1) is 15.1. The molecule has 0 unspecified atom stereocenters. The van der Waals surface area contributed by atoms with Gasteiger partial charge in [-0.25, -0.2) is 4.39 Å². The summed E-state index contributed by atoms with van der Waals surface area (Å²) >= 11 is 5.88.